The third kappa shape index (κ3) is 2.43. The van der Waals surface area contributed by atoms with Crippen LogP contribution in [0.3, 0.4) is 0 Å². The fourth-order valence-corrected chi connectivity index (χ4v) is 1.80. The van der Waals surface area contributed by atoms with Crippen molar-refractivity contribution in [2.75, 3.05) is 18.1 Å². The molecule has 0 radical (unpaired) electrons. The van der Waals surface area contributed by atoms with Gasteiger partial charge in [-0.1, -0.05) is 0 Å². The van der Waals surface area contributed by atoms with Crippen LogP contribution in [0.4, 0.5) is 5.82 Å². The highest BCUT2D eigenvalue weighted by atomic mass is 16.5. The lowest BCUT2D eigenvalue weighted by atomic mass is 10.2. The van der Waals surface area contributed by atoms with Gasteiger partial charge < -0.3 is 4.74 Å². The summed E-state index contributed by atoms with van der Waals surface area (Å²) < 4.78 is 4.90. The van der Waals surface area contributed by atoms with E-state index in [1.54, 1.807) is 24.0 Å². The molecule has 0 bridgehead atoms. The number of pyridine rings is 1. The predicted octanol–water partition coefficient (Wildman–Crippen LogP) is 1.39. The van der Waals surface area contributed by atoms with Crippen molar-refractivity contribution in [1.29, 1.82) is 0 Å². The summed E-state index contributed by atoms with van der Waals surface area (Å²) in [5, 5.41) is 0. The Balaban J connectivity index is 2.22. The highest BCUT2D eigenvalue weighted by Gasteiger charge is 2.23. The summed E-state index contributed by atoms with van der Waals surface area (Å²) in [5.41, 5.74) is 0.427. The van der Waals surface area contributed by atoms with E-state index >= 15 is 0 Å². The Hall–Kier alpha value is -1.91. The maximum absolute atomic E-state index is 11.6. The molecule has 2 rings (SSSR count). The molecule has 5 heteroatoms. The Morgan fingerprint density at radius 1 is 1.59 bits per heavy atom. The zero-order valence-corrected chi connectivity index (χ0v) is 9.68. The number of rotatable bonds is 3. The van der Waals surface area contributed by atoms with E-state index in [1.165, 1.54) is 6.20 Å². The van der Waals surface area contributed by atoms with Crippen LogP contribution in [0.25, 0.3) is 0 Å². The van der Waals surface area contributed by atoms with E-state index in [1.807, 2.05) is 0 Å². The Kier molecular flexibility index (Phi) is 3.37. The van der Waals surface area contributed by atoms with Gasteiger partial charge >= 0.3 is 5.97 Å². The molecule has 90 valence electrons. The smallest absolute Gasteiger partial charge is 0.338 e. The number of aromatic nitrogens is 1. The standard InChI is InChI=1S/C12H14N2O3/c1-2-17-12(16)9-5-6-13-10(8-9)14-7-3-4-11(14)15/h5-6,8H,2-4,7H2,1H3. The number of ether oxygens (including phenoxy) is 1. The van der Waals surface area contributed by atoms with Crippen molar-refractivity contribution in [3.8, 4) is 0 Å². The summed E-state index contributed by atoms with van der Waals surface area (Å²) >= 11 is 0. The Morgan fingerprint density at radius 2 is 2.41 bits per heavy atom. The van der Waals surface area contributed by atoms with Gasteiger partial charge in [-0.3, -0.25) is 9.69 Å². The first-order valence-corrected chi connectivity index (χ1v) is 5.66. The molecule has 1 aromatic rings. The monoisotopic (exact) mass is 234 g/mol. The first kappa shape index (κ1) is 11.6. The number of hydrogen-bond acceptors (Lipinski definition) is 4. The predicted molar refractivity (Wildman–Crippen MR) is 61.8 cm³/mol. The minimum Gasteiger partial charge on any atom is -0.462 e. The van der Waals surface area contributed by atoms with Crippen LogP contribution >= 0.6 is 0 Å². The molecular formula is C12H14N2O3. The minimum atomic E-state index is -0.386. The van der Waals surface area contributed by atoms with Gasteiger partial charge in [-0.2, -0.15) is 0 Å². The van der Waals surface area contributed by atoms with Gasteiger partial charge in [0.25, 0.3) is 0 Å². The molecule has 1 aliphatic heterocycles. The number of esters is 1. The van der Waals surface area contributed by atoms with E-state index in [9.17, 15) is 9.59 Å². The van der Waals surface area contributed by atoms with Crippen LogP contribution < -0.4 is 4.90 Å². The molecule has 1 amide bonds. The van der Waals surface area contributed by atoms with Crippen LogP contribution in [-0.2, 0) is 9.53 Å². The lowest BCUT2D eigenvalue weighted by molar-refractivity contribution is -0.117. The van der Waals surface area contributed by atoms with Crippen molar-refractivity contribution >= 4 is 17.7 Å². The molecule has 1 aliphatic rings. The highest BCUT2D eigenvalue weighted by Crippen LogP contribution is 2.19. The summed E-state index contributed by atoms with van der Waals surface area (Å²) in [5.74, 6) is 0.194. The number of nitrogens with zero attached hydrogens (tertiary/aromatic N) is 2. The van der Waals surface area contributed by atoms with Crippen molar-refractivity contribution in [3.63, 3.8) is 0 Å². The van der Waals surface area contributed by atoms with E-state index in [0.717, 1.165) is 6.42 Å². The molecule has 0 aromatic carbocycles. The quantitative estimate of drug-likeness (QED) is 0.741. The third-order valence-corrected chi connectivity index (χ3v) is 2.61. The molecule has 1 aromatic heterocycles. The van der Waals surface area contributed by atoms with Gasteiger partial charge in [-0.15, -0.1) is 0 Å². The van der Waals surface area contributed by atoms with Crippen LogP contribution in [0.1, 0.15) is 30.1 Å². The molecule has 5 nitrogen and oxygen atoms in total. The molecule has 17 heavy (non-hydrogen) atoms. The third-order valence-electron chi connectivity index (χ3n) is 2.61. The maximum Gasteiger partial charge on any atom is 0.338 e. The van der Waals surface area contributed by atoms with E-state index in [2.05, 4.69) is 4.98 Å². The SMILES string of the molecule is CCOC(=O)c1ccnc(N2CCCC2=O)c1. The molecule has 2 heterocycles. The summed E-state index contributed by atoms with van der Waals surface area (Å²) in [7, 11) is 0. The second-order valence-electron chi connectivity index (χ2n) is 3.77. The molecule has 1 fully saturated rings. The lowest BCUT2D eigenvalue weighted by Crippen LogP contribution is -2.25. The van der Waals surface area contributed by atoms with Gasteiger partial charge in [0.2, 0.25) is 5.91 Å². The van der Waals surface area contributed by atoms with Crippen molar-refractivity contribution in [3.05, 3.63) is 23.9 Å². The number of hydrogen-bond donors (Lipinski definition) is 0. The average Bonchev–Trinajstić information content (AvgIpc) is 2.76. The van der Waals surface area contributed by atoms with Crippen LogP contribution in [0.15, 0.2) is 18.3 Å². The van der Waals surface area contributed by atoms with Crippen LogP contribution in [0, 0.1) is 0 Å². The summed E-state index contributed by atoms with van der Waals surface area (Å²) in [6, 6.07) is 3.18. The van der Waals surface area contributed by atoms with Crippen LogP contribution in [0.5, 0.6) is 0 Å². The lowest BCUT2D eigenvalue weighted by Gasteiger charge is -2.14. The number of amides is 1. The van der Waals surface area contributed by atoms with Crippen molar-refractivity contribution in [2.24, 2.45) is 0 Å². The normalized spacial score (nSPS) is 15.1. The van der Waals surface area contributed by atoms with E-state index in [4.69, 9.17) is 4.74 Å². The summed E-state index contributed by atoms with van der Waals surface area (Å²) in [4.78, 5) is 28.8. The topological polar surface area (TPSA) is 59.5 Å². The van der Waals surface area contributed by atoms with E-state index in [0.29, 0.717) is 31.0 Å². The second kappa shape index (κ2) is 4.95. The molecule has 1 saturated heterocycles. The fraction of sp³-hybridized carbons (Fsp3) is 0.417. The first-order valence-electron chi connectivity index (χ1n) is 5.66. The number of carbonyl (C=O) groups excluding carboxylic acids is 2. The maximum atomic E-state index is 11.6. The number of carbonyl (C=O) groups is 2. The van der Waals surface area contributed by atoms with Gasteiger partial charge in [-0.25, -0.2) is 9.78 Å². The van der Waals surface area contributed by atoms with Crippen molar-refractivity contribution < 1.29 is 14.3 Å². The van der Waals surface area contributed by atoms with Gasteiger partial charge in [0.1, 0.15) is 5.82 Å². The van der Waals surface area contributed by atoms with Gasteiger partial charge in [0.05, 0.1) is 12.2 Å². The largest absolute Gasteiger partial charge is 0.462 e. The van der Waals surface area contributed by atoms with Crippen LogP contribution in [-0.4, -0.2) is 30.0 Å². The number of anilines is 1. The van der Waals surface area contributed by atoms with Crippen molar-refractivity contribution in [1.82, 2.24) is 4.98 Å². The van der Waals surface area contributed by atoms with Gasteiger partial charge in [0.15, 0.2) is 0 Å². The Bertz CT molecular complexity index is 445. The molecule has 0 atom stereocenters. The fourth-order valence-electron chi connectivity index (χ4n) is 1.80. The molecule has 0 saturated carbocycles. The van der Waals surface area contributed by atoms with Gasteiger partial charge in [-0.05, 0) is 25.5 Å². The molecule has 0 unspecified atom stereocenters. The molecule has 0 spiro atoms. The molecule has 0 N–H and O–H groups in total. The van der Waals surface area contributed by atoms with E-state index < -0.39 is 0 Å². The zero-order valence-electron chi connectivity index (χ0n) is 9.68. The van der Waals surface area contributed by atoms with Crippen molar-refractivity contribution in [2.45, 2.75) is 19.8 Å². The van der Waals surface area contributed by atoms with Crippen LogP contribution in [0.2, 0.25) is 0 Å². The summed E-state index contributed by atoms with van der Waals surface area (Å²) in [6.07, 6.45) is 2.91. The molecular weight excluding hydrogens is 220 g/mol. The average molecular weight is 234 g/mol. The second-order valence-corrected chi connectivity index (χ2v) is 3.77. The molecule has 0 aliphatic carbocycles. The Morgan fingerprint density at radius 3 is 3.06 bits per heavy atom. The van der Waals surface area contributed by atoms with E-state index in [-0.39, 0.29) is 11.9 Å². The van der Waals surface area contributed by atoms with Gasteiger partial charge in [0, 0.05) is 19.2 Å². The first-order chi connectivity index (χ1) is 8.22. The zero-order chi connectivity index (χ0) is 12.3. The summed E-state index contributed by atoms with van der Waals surface area (Å²) in [6.45, 7) is 2.75. The minimum absolute atomic E-state index is 0.0542. The highest BCUT2D eigenvalue weighted by molar-refractivity contribution is 5.96. The Labute approximate surface area is 99.4 Å².